The molecule has 3 rings (SSSR count). The number of rotatable bonds is 9. The maximum absolute atomic E-state index is 12.3. The molecule has 0 aliphatic carbocycles. The van der Waals surface area contributed by atoms with Gasteiger partial charge in [0.2, 0.25) is 0 Å². The molecule has 0 aliphatic rings. The summed E-state index contributed by atoms with van der Waals surface area (Å²) in [5.41, 5.74) is 1.68. The normalized spacial score (nSPS) is 10.7. The first kappa shape index (κ1) is 22.3. The van der Waals surface area contributed by atoms with Crippen LogP contribution in [-0.4, -0.2) is 41.1 Å². The van der Waals surface area contributed by atoms with E-state index in [-0.39, 0.29) is 23.7 Å². The SMILES string of the molecule is CC(C)Oc1ccc(-c2nc(C(=O)NCCCNC(=O)c3cccc(O)c3)cs2)cc1. The Morgan fingerprint density at radius 1 is 1.06 bits per heavy atom. The van der Waals surface area contributed by atoms with Gasteiger partial charge in [-0.3, -0.25) is 9.59 Å². The first-order chi connectivity index (χ1) is 14.9. The Hall–Kier alpha value is -3.39. The van der Waals surface area contributed by atoms with Crippen molar-refractivity contribution >= 4 is 23.2 Å². The second-order valence-corrected chi connectivity index (χ2v) is 8.00. The van der Waals surface area contributed by atoms with E-state index < -0.39 is 0 Å². The van der Waals surface area contributed by atoms with E-state index in [0.29, 0.717) is 30.8 Å². The van der Waals surface area contributed by atoms with Crippen LogP contribution in [0.4, 0.5) is 0 Å². The fraction of sp³-hybridized carbons (Fsp3) is 0.261. The Kier molecular flexibility index (Phi) is 7.61. The van der Waals surface area contributed by atoms with Crippen molar-refractivity contribution in [3.8, 4) is 22.1 Å². The zero-order chi connectivity index (χ0) is 22.2. The lowest BCUT2D eigenvalue weighted by molar-refractivity contribution is 0.0948. The third kappa shape index (κ3) is 6.55. The minimum atomic E-state index is -0.267. The van der Waals surface area contributed by atoms with Crippen molar-refractivity contribution in [1.82, 2.24) is 15.6 Å². The van der Waals surface area contributed by atoms with Crippen LogP contribution >= 0.6 is 11.3 Å². The van der Waals surface area contributed by atoms with E-state index in [1.54, 1.807) is 17.5 Å². The number of aromatic nitrogens is 1. The van der Waals surface area contributed by atoms with Crippen LogP contribution in [0.5, 0.6) is 11.5 Å². The summed E-state index contributed by atoms with van der Waals surface area (Å²) < 4.78 is 5.64. The Morgan fingerprint density at radius 3 is 2.45 bits per heavy atom. The number of carbonyl (C=O) groups is 2. The summed E-state index contributed by atoms with van der Waals surface area (Å²) in [5.74, 6) is 0.324. The molecule has 31 heavy (non-hydrogen) atoms. The van der Waals surface area contributed by atoms with Crippen molar-refractivity contribution in [1.29, 1.82) is 0 Å². The number of carbonyl (C=O) groups excluding carboxylic acids is 2. The van der Waals surface area contributed by atoms with Crippen LogP contribution in [0.1, 0.15) is 41.1 Å². The van der Waals surface area contributed by atoms with E-state index in [1.165, 1.54) is 23.5 Å². The molecule has 3 N–H and O–H groups in total. The number of hydrogen-bond acceptors (Lipinski definition) is 6. The van der Waals surface area contributed by atoms with Crippen molar-refractivity contribution in [3.63, 3.8) is 0 Å². The first-order valence-corrected chi connectivity index (χ1v) is 10.9. The van der Waals surface area contributed by atoms with Crippen molar-refractivity contribution in [2.24, 2.45) is 0 Å². The summed E-state index contributed by atoms with van der Waals surface area (Å²) >= 11 is 1.41. The standard InChI is InChI=1S/C23H25N3O4S/c1-15(2)30-19-9-7-16(8-10-19)23-26-20(14-31-23)22(29)25-12-4-11-24-21(28)17-5-3-6-18(27)13-17/h3,5-10,13-15,27H,4,11-12H2,1-2H3,(H,24,28)(H,25,29). The Bertz CT molecular complexity index is 1030. The smallest absolute Gasteiger partial charge is 0.270 e. The molecule has 7 nitrogen and oxygen atoms in total. The number of nitrogens with one attached hydrogen (secondary N) is 2. The maximum atomic E-state index is 12.3. The molecule has 1 aromatic heterocycles. The van der Waals surface area contributed by atoms with Crippen LogP contribution in [0.15, 0.2) is 53.9 Å². The summed E-state index contributed by atoms with van der Waals surface area (Å²) in [7, 11) is 0. The summed E-state index contributed by atoms with van der Waals surface area (Å²) in [6, 6.07) is 13.8. The van der Waals surface area contributed by atoms with Gasteiger partial charge in [-0.2, -0.15) is 0 Å². The Balaban J connectivity index is 1.43. The van der Waals surface area contributed by atoms with Gasteiger partial charge >= 0.3 is 0 Å². The minimum absolute atomic E-state index is 0.0439. The summed E-state index contributed by atoms with van der Waals surface area (Å²) in [5, 5.41) is 17.5. The molecule has 0 bridgehead atoms. The molecule has 0 aliphatic heterocycles. The molecule has 0 saturated carbocycles. The summed E-state index contributed by atoms with van der Waals surface area (Å²) in [6.45, 7) is 4.76. The molecule has 0 atom stereocenters. The highest BCUT2D eigenvalue weighted by Gasteiger charge is 2.12. The van der Waals surface area contributed by atoms with Crippen LogP contribution in [0.25, 0.3) is 10.6 Å². The van der Waals surface area contributed by atoms with Crippen molar-refractivity contribution in [3.05, 3.63) is 65.2 Å². The fourth-order valence-electron chi connectivity index (χ4n) is 2.79. The second kappa shape index (κ2) is 10.6. The summed E-state index contributed by atoms with van der Waals surface area (Å²) in [4.78, 5) is 28.7. The highest BCUT2D eigenvalue weighted by Crippen LogP contribution is 2.26. The van der Waals surface area contributed by atoms with Gasteiger partial charge in [-0.05, 0) is 62.7 Å². The molecule has 3 aromatic rings. The number of nitrogens with zero attached hydrogens (tertiary/aromatic N) is 1. The van der Waals surface area contributed by atoms with Crippen LogP contribution < -0.4 is 15.4 Å². The van der Waals surface area contributed by atoms with E-state index in [2.05, 4.69) is 15.6 Å². The molecule has 162 valence electrons. The number of phenolic OH excluding ortho intramolecular Hbond substituents is 1. The number of amides is 2. The molecule has 0 radical (unpaired) electrons. The average Bonchev–Trinajstić information content (AvgIpc) is 3.24. The number of ether oxygens (including phenoxy) is 1. The van der Waals surface area contributed by atoms with Gasteiger partial charge in [0, 0.05) is 29.6 Å². The lowest BCUT2D eigenvalue weighted by Crippen LogP contribution is -2.30. The molecule has 0 spiro atoms. The highest BCUT2D eigenvalue weighted by molar-refractivity contribution is 7.13. The number of benzene rings is 2. The predicted octanol–water partition coefficient (Wildman–Crippen LogP) is 3.85. The van der Waals surface area contributed by atoms with Crippen LogP contribution in [0, 0.1) is 0 Å². The van der Waals surface area contributed by atoms with Gasteiger partial charge in [0.25, 0.3) is 11.8 Å². The van der Waals surface area contributed by atoms with Gasteiger partial charge in [0.15, 0.2) is 0 Å². The van der Waals surface area contributed by atoms with Gasteiger partial charge < -0.3 is 20.5 Å². The number of thiazole rings is 1. The van der Waals surface area contributed by atoms with Crippen molar-refractivity contribution in [2.75, 3.05) is 13.1 Å². The molecule has 0 fully saturated rings. The fourth-order valence-corrected chi connectivity index (χ4v) is 3.60. The lowest BCUT2D eigenvalue weighted by Gasteiger charge is -2.09. The molecule has 0 saturated heterocycles. The van der Waals surface area contributed by atoms with E-state index in [9.17, 15) is 14.7 Å². The highest BCUT2D eigenvalue weighted by atomic mass is 32.1. The lowest BCUT2D eigenvalue weighted by atomic mass is 10.2. The third-order valence-corrected chi connectivity index (χ3v) is 5.13. The topological polar surface area (TPSA) is 101 Å². The molecule has 8 heteroatoms. The van der Waals surface area contributed by atoms with Gasteiger partial charge in [-0.25, -0.2) is 4.98 Å². The van der Waals surface area contributed by atoms with Crippen LogP contribution in [0.3, 0.4) is 0 Å². The largest absolute Gasteiger partial charge is 0.508 e. The van der Waals surface area contributed by atoms with Gasteiger partial charge in [-0.1, -0.05) is 6.07 Å². The molecule has 2 amide bonds. The molecular weight excluding hydrogens is 414 g/mol. The summed E-state index contributed by atoms with van der Waals surface area (Å²) in [6.07, 6.45) is 0.686. The Labute approximate surface area is 185 Å². The maximum Gasteiger partial charge on any atom is 0.270 e. The molecule has 2 aromatic carbocycles. The van der Waals surface area contributed by atoms with Gasteiger partial charge in [-0.15, -0.1) is 11.3 Å². The molecule has 0 unspecified atom stereocenters. The zero-order valence-electron chi connectivity index (χ0n) is 17.4. The van der Waals surface area contributed by atoms with Crippen LogP contribution in [-0.2, 0) is 0 Å². The zero-order valence-corrected chi connectivity index (χ0v) is 18.2. The second-order valence-electron chi connectivity index (χ2n) is 7.14. The average molecular weight is 440 g/mol. The predicted molar refractivity (Wildman–Crippen MR) is 121 cm³/mol. The van der Waals surface area contributed by atoms with Crippen molar-refractivity contribution < 1.29 is 19.4 Å². The number of hydrogen-bond donors (Lipinski definition) is 3. The van der Waals surface area contributed by atoms with E-state index >= 15 is 0 Å². The number of aromatic hydroxyl groups is 1. The number of phenols is 1. The monoisotopic (exact) mass is 439 g/mol. The molecular formula is C23H25N3O4S. The quantitative estimate of drug-likeness (QED) is 0.440. The Morgan fingerprint density at radius 2 is 1.77 bits per heavy atom. The first-order valence-electron chi connectivity index (χ1n) is 10.0. The van der Waals surface area contributed by atoms with Gasteiger partial charge in [0.1, 0.15) is 22.2 Å². The van der Waals surface area contributed by atoms with E-state index in [1.807, 2.05) is 38.1 Å². The third-order valence-electron chi connectivity index (χ3n) is 4.24. The van der Waals surface area contributed by atoms with Gasteiger partial charge in [0.05, 0.1) is 6.10 Å². The van der Waals surface area contributed by atoms with E-state index in [0.717, 1.165) is 16.3 Å². The van der Waals surface area contributed by atoms with Crippen LogP contribution in [0.2, 0.25) is 0 Å². The molecule has 1 heterocycles. The van der Waals surface area contributed by atoms with Crippen molar-refractivity contribution in [2.45, 2.75) is 26.4 Å². The van der Waals surface area contributed by atoms with E-state index in [4.69, 9.17) is 4.74 Å². The minimum Gasteiger partial charge on any atom is -0.508 e.